The number of anilines is 1. The van der Waals surface area contributed by atoms with Crippen LogP contribution in [0, 0.1) is 5.92 Å². The van der Waals surface area contributed by atoms with Gasteiger partial charge in [0.1, 0.15) is 11.3 Å². The molecule has 2 heterocycles. The van der Waals surface area contributed by atoms with E-state index in [1.807, 2.05) is 42.5 Å². The largest absolute Gasteiger partial charge is 0.511 e. The molecule has 6 heteroatoms. The van der Waals surface area contributed by atoms with Crippen molar-refractivity contribution in [1.29, 1.82) is 0 Å². The first-order valence-electron chi connectivity index (χ1n) is 8.55. The molecule has 2 aliphatic heterocycles. The van der Waals surface area contributed by atoms with Crippen LogP contribution in [0.25, 0.3) is 11.1 Å². The standard InChI is InChI=1S/C20H19N3O3/c24-18-15-10-21-11-16(15)23-20(26)17(18)19(25)22-14-8-6-13(7-9-14)12-4-2-1-3-5-12/h1-9,15-16,21,24H,10-11H2,(H,22,25)(H,23,26)/t15-,16-/m0/s1. The Morgan fingerprint density at radius 3 is 2.42 bits per heavy atom. The van der Waals surface area contributed by atoms with Gasteiger partial charge in [-0.2, -0.15) is 0 Å². The van der Waals surface area contributed by atoms with E-state index in [1.165, 1.54) is 0 Å². The maximum atomic E-state index is 12.5. The van der Waals surface area contributed by atoms with Crippen molar-refractivity contribution < 1.29 is 14.7 Å². The van der Waals surface area contributed by atoms with Crippen molar-refractivity contribution >= 4 is 17.5 Å². The molecule has 4 N–H and O–H groups in total. The highest BCUT2D eigenvalue weighted by Crippen LogP contribution is 2.26. The van der Waals surface area contributed by atoms with Gasteiger partial charge < -0.3 is 21.1 Å². The van der Waals surface area contributed by atoms with Crippen LogP contribution in [0.4, 0.5) is 5.69 Å². The Morgan fingerprint density at radius 2 is 1.69 bits per heavy atom. The molecule has 26 heavy (non-hydrogen) atoms. The number of benzene rings is 2. The lowest BCUT2D eigenvalue weighted by Crippen LogP contribution is -2.48. The number of aliphatic hydroxyl groups is 1. The minimum absolute atomic E-state index is 0.137. The second kappa shape index (κ2) is 6.65. The number of rotatable bonds is 3. The second-order valence-corrected chi connectivity index (χ2v) is 6.50. The summed E-state index contributed by atoms with van der Waals surface area (Å²) in [6.45, 7) is 1.13. The Balaban J connectivity index is 1.53. The van der Waals surface area contributed by atoms with Crippen molar-refractivity contribution in [2.45, 2.75) is 6.04 Å². The Hall–Kier alpha value is -3.12. The first-order valence-corrected chi connectivity index (χ1v) is 8.55. The SMILES string of the molecule is O=C(Nc1ccc(-c2ccccc2)cc1)C1=C(O)[C@H]2CNC[C@@H]2NC1=O. The molecule has 0 bridgehead atoms. The van der Waals surface area contributed by atoms with Crippen LogP contribution < -0.4 is 16.0 Å². The van der Waals surface area contributed by atoms with Crippen LogP contribution in [-0.2, 0) is 9.59 Å². The highest BCUT2D eigenvalue weighted by molar-refractivity contribution is 6.23. The van der Waals surface area contributed by atoms with Crippen LogP contribution in [-0.4, -0.2) is 36.1 Å². The molecule has 6 nitrogen and oxygen atoms in total. The Bertz CT molecular complexity index is 875. The molecular formula is C20H19N3O3. The second-order valence-electron chi connectivity index (χ2n) is 6.50. The van der Waals surface area contributed by atoms with Crippen molar-refractivity contribution in [2.75, 3.05) is 18.4 Å². The number of hydrogen-bond donors (Lipinski definition) is 4. The molecule has 2 amide bonds. The van der Waals surface area contributed by atoms with Crippen LogP contribution in [0.5, 0.6) is 0 Å². The fourth-order valence-corrected chi connectivity index (χ4v) is 3.45. The summed E-state index contributed by atoms with van der Waals surface area (Å²) in [4.78, 5) is 24.7. The molecule has 2 aromatic carbocycles. The summed E-state index contributed by atoms with van der Waals surface area (Å²) in [6.07, 6.45) is 0. The van der Waals surface area contributed by atoms with E-state index in [2.05, 4.69) is 16.0 Å². The summed E-state index contributed by atoms with van der Waals surface area (Å²) in [5, 5.41) is 18.9. The fourth-order valence-electron chi connectivity index (χ4n) is 3.45. The molecule has 1 saturated heterocycles. The normalized spacial score (nSPS) is 21.9. The van der Waals surface area contributed by atoms with Gasteiger partial charge in [-0.25, -0.2) is 0 Å². The number of fused-ring (bicyclic) bond motifs is 1. The van der Waals surface area contributed by atoms with Gasteiger partial charge >= 0.3 is 0 Å². The zero-order valence-electron chi connectivity index (χ0n) is 14.0. The van der Waals surface area contributed by atoms with E-state index in [0.717, 1.165) is 11.1 Å². The molecule has 2 atom stereocenters. The zero-order chi connectivity index (χ0) is 18.1. The van der Waals surface area contributed by atoms with Crippen LogP contribution in [0.1, 0.15) is 0 Å². The lowest BCUT2D eigenvalue weighted by atomic mass is 9.92. The van der Waals surface area contributed by atoms with Crippen molar-refractivity contribution in [3.8, 4) is 11.1 Å². The van der Waals surface area contributed by atoms with Crippen molar-refractivity contribution in [1.82, 2.24) is 10.6 Å². The maximum Gasteiger partial charge on any atom is 0.264 e. The van der Waals surface area contributed by atoms with Gasteiger partial charge in [0.15, 0.2) is 0 Å². The summed E-state index contributed by atoms with van der Waals surface area (Å²) in [5.41, 5.74) is 2.47. The average molecular weight is 349 g/mol. The molecule has 4 rings (SSSR count). The quantitative estimate of drug-likeness (QED) is 0.636. The maximum absolute atomic E-state index is 12.5. The number of hydrogen-bond acceptors (Lipinski definition) is 4. The Morgan fingerprint density at radius 1 is 1.00 bits per heavy atom. The van der Waals surface area contributed by atoms with Gasteiger partial charge in [0, 0.05) is 18.8 Å². The third kappa shape index (κ3) is 2.95. The topological polar surface area (TPSA) is 90.5 Å². The lowest BCUT2D eigenvalue weighted by Gasteiger charge is -2.26. The van der Waals surface area contributed by atoms with Gasteiger partial charge in [0.2, 0.25) is 0 Å². The number of nitrogens with one attached hydrogen (secondary N) is 3. The lowest BCUT2D eigenvalue weighted by molar-refractivity contribution is -0.123. The number of aliphatic hydroxyl groups excluding tert-OH is 1. The summed E-state index contributed by atoms with van der Waals surface area (Å²) in [5.74, 6) is -1.53. The molecule has 0 aromatic heterocycles. The van der Waals surface area contributed by atoms with Crippen LogP contribution in [0.15, 0.2) is 65.9 Å². The fraction of sp³-hybridized carbons (Fsp3) is 0.200. The summed E-state index contributed by atoms with van der Waals surface area (Å²) < 4.78 is 0. The third-order valence-corrected chi connectivity index (χ3v) is 4.84. The van der Waals surface area contributed by atoms with E-state index in [4.69, 9.17) is 0 Å². The first-order chi connectivity index (χ1) is 12.6. The molecule has 0 unspecified atom stereocenters. The molecule has 0 saturated carbocycles. The molecule has 1 fully saturated rings. The van der Waals surface area contributed by atoms with Crippen molar-refractivity contribution in [3.63, 3.8) is 0 Å². The smallest absolute Gasteiger partial charge is 0.264 e. The van der Waals surface area contributed by atoms with Gasteiger partial charge in [0.25, 0.3) is 11.8 Å². The summed E-state index contributed by atoms with van der Waals surface area (Å²) >= 11 is 0. The Kier molecular flexibility index (Phi) is 4.18. The van der Waals surface area contributed by atoms with E-state index in [-0.39, 0.29) is 23.3 Å². The molecule has 0 aliphatic carbocycles. The van der Waals surface area contributed by atoms with Gasteiger partial charge in [0.05, 0.1) is 12.0 Å². The van der Waals surface area contributed by atoms with E-state index < -0.39 is 11.8 Å². The van der Waals surface area contributed by atoms with E-state index >= 15 is 0 Å². The van der Waals surface area contributed by atoms with Gasteiger partial charge in [-0.05, 0) is 23.3 Å². The van der Waals surface area contributed by atoms with Crippen molar-refractivity contribution in [2.24, 2.45) is 5.92 Å². The monoisotopic (exact) mass is 349 g/mol. The highest BCUT2D eigenvalue weighted by atomic mass is 16.3. The zero-order valence-corrected chi connectivity index (χ0v) is 14.0. The van der Waals surface area contributed by atoms with Crippen molar-refractivity contribution in [3.05, 3.63) is 65.9 Å². The molecule has 0 radical (unpaired) electrons. The molecule has 2 aromatic rings. The minimum Gasteiger partial charge on any atom is -0.511 e. The number of carbonyl (C=O) groups excluding carboxylic acids is 2. The Labute approximate surface area is 150 Å². The van der Waals surface area contributed by atoms with E-state index in [1.54, 1.807) is 12.1 Å². The van der Waals surface area contributed by atoms with E-state index in [9.17, 15) is 14.7 Å². The molecule has 132 valence electrons. The van der Waals surface area contributed by atoms with Gasteiger partial charge in [-0.15, -0.1) is 0 Å². The van der Waals surface area contributed by atoms with Crippen LogP contribution >= 0.6 is 0 Å². The minimum atomic E-state index is -0.599. The summed E-state index contributed by atoms with van der Waals surface area (Å²) in [6, 6.07) is 17.1. The predicted molar refractivity (Wildman–Crippen MR) is 98.5 cm³/mol. The van der Waals surface area contributed by atoms with Gasteiger partial charge in [-0.1, -0.05) is 42.5 Å². The number of carbonyl (C=O) groups is 2. The first kappa shape index (κ1) is 16.4. The third-order valence-electron chi connectivity index (χ3n) is 4.84. The molecular weight excluding hydrogens is 330 g/mol. The highest BCUT2D eigenvalue weighted by Gasteiger charge is 2.41. The van der Waals surface area contributed by atoms with Gasteiger partial charge in [-0.3, -0.25) is 9.59 Å². The predicted octanol–water partition coefficient (Wildman–Crippen LogP) is 1.82. The van der Waals surface area contributed by atoms with Crippen LogP contribution in [0.3, 0.4) is 0 Å². The average Bonchev–Trinajstić information content (AvgIpc) is 3.12. The van der Waals surface area contributed by atoms with Crippen LogP contribution in [0.2, 0.25) is 0 Å². The summed E-state index contributed by atoms with van der Waals surface area (Å²) in [7, 11) is 0. The number of amides is 2. The molecule has 0 spiro atoms. The molecule has 2 aliphatic rings. The van der Waals surface area contributed by atoms with E-state index in [0.29, 0.717) is 18.8 Å².